The number of hydrogen-bond donors (Lipinski definition) is 1. The summed E-state index contributed by atoms with van der Waals surface area (Å²) in [6.07, 6.45) is 0. The molecule has 3 aromatic carbocycles. The first kappa shape index (κ1) is 23.9. The normalized spacial score (nSPS) is 11.8. The quantitative estimate of drug-likeness (QED) is 0.518. The SMILES string of the molecule is COc1ccc(NS(=O)(=O)c2cc(N(C)S(=O)(=O)c3ccc(Cl)cc3)c(C)cc2C)cc1. The minimum Gasteiger partial charge on any atom is -0.497 e. The number of ether oxygens (including phenoxy) is 1. The molecule has 10 heteroatoms. The van der Waals surface area contributed by atoms with E-state index in [1.54, 1.807) is 44.2 Å². The van der Waals surface area contributed by atoms with Crippen LogP contribution in [0.5, 0.6) is 5.75 Å². The summed E-state index contributed by atoms with van der Waals surface area (Å²) in [4.78, 5) is 0.0252. The third kappa shape index (κ3) is 4.85. The average Bonchev–Trinajstić information content (AvgIpc) is 2.73. The van der Waals surface area contributed by atoms with Crippen molar-refractivity contribution >= 4 is 43.0 Å². The smallest absolute Gasteiger partial charge is 0.264 e. The number of methoxy groups -OCH3 is 1. The summed E-state index contributed by atoms with van der Waals surface area (Å²) >= 11 is 5.87. The largest absolute Gasteiger partial charge is 0.497 e. The maximum atomic E-state index is 13.1. The zero-order valence-corrected chi connectivity index (χ0v) is 20.3. The summed E-state index contributed by atoms with van der Waals surface area (Å²) in [6.45, 7) is 3.39. The van der Waals surface area contributed by atoms with Gasteiger partial charge in [0.15, 0.2) is 0 Å². The molecule has 0 radical (unpaired) electrons. The number of aryl methyl sites for hydroxylation is 2. The van der Waals surface area contributed by atoms with Gasteiger partial charge >= 0.3 is 0 Å². The number of anilines is 2. The van der Waals surface area contributed by atoms with E-state index < -0.39 is 20.0 Å². The fraction of sp³-hybridized carbons (Fsp3) is 0.182. The molecular formula is C22H23ClN2O5S2. The summed E-state index contributed by atoms with van der Waals surface area (Å²) in [5.74, 6) is 0.593. The first-order chi connectivity index (χ1) is 15.0. The van der Waals surface area contributed by atoms with Crippen molar-refractivity contribution < 1.29 is 21.6 Å². The lowest BCUT2D eigenvalue weighted by Gasteiger charge is -2.23. The Hall–Kier alpha value is -2.75. The highest BCUT2D eigenvalue weighted by atomic mass is 35.5. The molecule has 0 unspecified atom stereocenters. The van der Waals surface area contributed by atoms with Crippen LogP contribution >= 0.6 is 11.6 Å². The highest BCUT2D eigenvalue weighted by molar-refractivity contribution is 7.93. The second-order valence-corrected chi connectivity index (χ2v) is 11.2. The van der Waals surface area contributed by atoms with Crippen molar-refractivity contribution in [2.24, 2.45) is 0 Å². The van der Waals surface area contributed by atoms with E-state index in [4.69, 9.17) is 16.3 Å². The molecule has 7 nitrogen and oxygen atoms in total. The molecule has 0 aliphatic rings. The van der Waals surface area contributed by atoms with E-state index in [0.29, 0.717) is 27.6 Å². The van der Waals surface area contributed by atoms with Gasteiger partial charge in [-0.3, -0.25) is 9.03 Å². The Balaban J connectivity index is 2.01. The fourth-order valence-electron chi connectivity index (χ4n) is 3.21. The number of rotatable bonds is 7. The maximum absolute atomic E-state index is 13.1. The first-order valence-corrected chi connectivity index (χ1v) is 12.8. The van der Waals surface area contributed by atoms with Gasteiger partial charge in [0, 0.05) is 17.8 Å². The van der Waals surface area contributed by atoms with Crippen molar-refractivity contribution in [3.63, 3.8) is 0 Å². The molecule has 0 aromatic heterocycles. The lowest BCUT2D eigenvalue weighted by Crippen LogP contribution is -2.27. The lowest BCUT2D eigenvalue weighted by atomic mass is 10.1. The topological polar surface area (TPSA) is 92.8 Å². The van der Waals surface area contributed by atoms with Gasteiger partial charge in [0.25, 0.3) is 20.0 Å². The van der Waals surface area contributed by atoms with E-state index >= 15 is 0 Å². The van der Waals surface area contributed by atoms with Crippen molar-refractivity contribution in [2.45, 2.75) is 23.6 Å². The first-order valence-electron chi connectivity index (χ1n) is 9.48. The molecule has 0 bridgehead atoms. The predicted molar refractivity (Wildman–Crippen MR) is 127 cm³/mol. The molecule has 0 aliphatic carbocycles. The predicted octanol–water partition coefficient (Wildman–Crippen LogP) is 4.59. The molecule has 0 saturated heterocycles. The molecule has 32 heavy (non-hydrogen) atoms. The number of nitrogens with one attached hydrogen (secondary N) is 1. The van der Waals surface area contributed by atoms with Crippen LogP contribution in [0.25, 0.3) is 0 Å². The monoisotopic (exact) mass is 494 g/mol. The summed E-state index contributed by atoms with van der Waals surface area (Å²) in [7, 11) is -5.01. The third-order valence-electron chi connectivity index (χ3n) is 4.94. The van der Waals surface area contributed by atoms with Crippen molar-refractivity contribution in [2.75, 3.05) is 23.2 Å². The van der Waals surface area contributed by atoms with Crippen LogP contribution in [-0.4, -0.2) is 31.0 Å². The van der Waals surface area contributed by atoms with E-state index in [2.05, 4.69) is 4.72 Å². The van der Waals surface area contributed by atoms with Crippen molar-refractivity contribution in [3.8, 4) is 5.75 Å². The molecule has 3 aromatic rings. The second-order valence-electron chi connectivity index (χ2n) is 7.16. The van der Waals surface area contributed by atoms with E-state index in [0.717, 1.165) is 4.31 Å². The summed E-state index contributed by atoms with van der Waals surface area (Å²) in [5, 5.41) is 0.413. The average molecular weight is 495 g/mol. The zero-order chi connectivity index (χ0) is 23.7. The Morgan fingerprint density at radius 1 is 0.875 bits per heavy atom. The Bertz CT molecular complexity index is 1340. The van der Waals surface area contributed by atoms with Gasteiger partial charge in [-0.2, -0.15) is 0 Å². The molecule has 0 fully saturated rings. The van der Waals surface area contributed by atoms with Crippen LogP contribution in [0, 0.1) is 13.8 Å². The van der Waals surface area contributed by atoms with Gasteiger partial charge in [-0.05, 0) is 79.6 Å². The van der Waals surface area contributed by atoms with Crippen LogP contribution in [0.2, 0.25) is 5.02 Å². The van der Waals surface area contributed by atoms with Crippen molar-refractivity contribution in [3.05, 3.63) is 76.8 Å². The van der Waals surface area contributed by atoms with Gasteiger partial charge in [-0.25, -0.2) is 16.8 Å². The van der Waals surface area contributed by atoms with E-state index in [1.165, 1.54) is 44.5 Å². The van der Waals surface area contributed by atoms with Crippen LogP contribution in [0.15, 0.2) is 70.5 Å². The molecule has 0 saturated carbocycles. The molecule has 0 aliphatic heterocycles. The lowest BCUT2D eigenvalue weighted by molar-refractivity contribution is 0.415. The Labute approximate surface area is 193 Å². The molecule has 0 heterocycles. The molecule has 170 valence electrons. The summed E-state index contributed by atoms with van der Waals surface area (Å²) < 4.78 is 61.1. The molecule has 0 spiro atoms. The number of benzene rings is 3. The van der Waals surface area contributed by atoms with Crippen LogP contribution in [0.1, 0.15) is 11.1 Å². The summed E-state index contributed by atoms with van der Waals surface area (Å²) in [5.41, 5.74) is 1.71. The van der Waals surface area contributed by atoms with Crippen LogP contribution in [-0.2, 0) is 20.0 Å². The van der Waals surface area contributed by atoms with Gasteiger partial charge in [0.2, 0.25) is 0 Å². The van der Waals surface area contributed by atoms with Crippen LogP contribution < -0.4 is 13.8 Å². The molecule has 3 rings (SSSR count). The molecule has 0 atom stereocenters. The minimum absolute atomic E-state index is 0.0212. The van der Waals surface area contributed by atoms with Crippen LogP contribution in [0.4, 0.5) is 11.4 Å². The molecular weight excluding hydrogens is 472 g/mol. The van der Waals surface area contributed by atoms with Gasteiger partial charge in [-0.1, -0.05) is 17.7 Å². The van der Waals surface area contributed by atoms with E-state index in [9.17, 15) is 16.8 Å². The van der Waals surface area contributed by atoms with Crippen molar-refractivity contribution in [1.82, 2.24) is 0 Å². The molecule has 0 amide bonds. The summed E-state index contributed by atoms with van der Waals surface area (Å²) in [6, 6.07) is 15.2. The van der Waals surface area contributed by atoms with Crippen LogP contribution in [0.3, 0.4) is 0 Å². The van der Waals surface area contributed by atoms with Gasteiger partial charge in [0.05, 0.1) is 22.6 Å². The number of hydrogen-bond acceptors (Lipinski definition) is 5. The number of nitrogens with zero attached hydrogens (tertiary/aromatic N) is 1. The van der Waals surface area contributed by atoms with E-state index in [1.807, 2.05) is 0 Å². The maximum Gasteiger partial charge on any atom is 0.264 e. The Kier molecular flexibility index (Phi) is 6.73. The Morgan fingerprint density at radius 2 is 1.47 bits per heavy atom. The highest BCUT2D eigenvalue weighted by Crippen LogP contribution is 2.31. The molecule has 1 N–H and O–H groups in total. The van der Waals surface area contributed by atoms with Crippen molar-refractivity contribution in [1.29, 1.82) is 0 Å². The second kappa shape index (κ2) is 9.01. The minimum atomic E-state index is -3.98. The third-order valence-corrected chi connectivity index (χ3v) is 8.50. The van der Waals surface area contributed by atoms with Gasteiger partial charge in [0.1, 0.15) is 5.75 Å². The number of sulfonamides is 2. The fourth-order valence-corrected chi connectivity index (χ4v) is 5.90. The highest BCUT2D eigenvalue weighted by Gasteiger charge is 2.26. The Morgan fingerprint density at radius 3 is 2.03 bits per heavy atom. The zero-order valence-electron chi connectivity index (χ0n) is 18.0. The van der Waals surface area contributed by atoms with Gasteiger partial charge < -0.3 is 4.74 Å². The number of halogens is 1. The van der Waals surface area contributed by atoms with Gasteiger partial charge in [-0.15, -0.1) is 0 Å². The van der Waals surface area contributed by atoms with E-state index in [-0.39, 0.29) is 15.5 Å². The standard InChI is InChI=1S/C22H23ClN2O5S2/c1-15-13-16(2)22(31(26,27)24-18-7-9-19(30-4)10-8-18)14-21(15)25(3)32(28,29)20-11-5-17(23)6-12-20/h5-14,24H,1-4H3.